The summed E-state index contributed by atoms with van der Waals surface area (Å²) >= 11 is 0. The smallest absolute Gasteiger partial charge is 0.254 e. The number of amides is 1. The molecule has 0 aliphatic carbocycles. The maximum atomic E-state index is 13.1. The van der Waals surface area contributed by atoms with Crippen molar-refractivity contribution in [2.24, 2.45) is 0 Å². The lowest BCUT2D eigenvalue weighted by molar-refractivity contribution is 0.0561. The van der Waals surface area contributed by atoms with Crippen LogP contribution in [-0.2, 0) is 4.74 Å². The van der Waals surface area contributed by atoms with Crippen molar-refractivity contribution in [1.29, 1.82) is 0 Å². The van der Waals surface area contributed by atoms with Crippen molar-refractivity contribution in [1.82, 2.24) is 15.0 Å². The number of likely N-dealkylation sites (tertiary alicyclic amines) is 1. The SMILES string of the molecule is Cc1noc([C@H]2CCCCN2C(=O)c2ccc(N3CCOCC3)cc2)n1. The first kappa shape index (κ1) is 17.0. The molecular formula is C19H24N4O3. The number of hydrogen-bond acceptors (Lipinski definition) is 6. The zero-order chi connectivity index (χ0) is 17.9. The quantitative estimate of drug-likeness (QED) is 0.842. The number of morpholine rings is 1. The maximum Gasteiger partial charge on any atom is 0.254 e. The molecule has 7 nitrogen and oxygen atoms in total. The highest BCUT2D eigenvalue weighted by Crippen LogP contribution is 2.31. The number of anilines is 1. The molecule has 2 fully saturated rings. The molecule has 26 heavy (non-hydrogen) atoms. The van der Waals surface area contributed by atoms with E-state index >= 15 is 0 Å². The van der Waals surface area contributed by atoms with Gasteiger partial charge in [-0.25, -0.2) is 0 Å². The Balaban J connectivity index is 1.51. The highest BCUT2D eigenvalue weighted by Gasteiger charge is 2.32. The molecule has 0 spiro atoms. The Morgan fingerprint density at radius 3 is 2.58 bits per heavy atom. The Kier molecular flexibility index (Phi) is 4.88. The number of rotatable bonds is 3. The number of aryl methyl sites for hydroxylation is 1. The van der Waals surface area contributed by atoms with Crippen molar-refractivity contribution < 1.29 is 14.1 Å². The molecule has 2 aliphatic rings. The summed E-state index contributed by atoms with van der Waals surface area (Å²) in [6.45, 7) is 5.79. The summed E-state index contributed by atoms with van der Waals surface area (Å²) in [7, 11) is 0. The van der Waals surface area contributed by atoms with Crippen LogP contribution >= 0.6 is 0 Å². The van der Waals surface area contributed by atoms with E-state index in [0.29, 0.717) is 17.3 Å². The molecule has 3 heterocycles. The number of hydrogen-bond donors (Lipinski definition) is 0. The van der Waals surface area contributed by atoms with E-state index in [1.165, 1.54) is 0 Å². The molecule has 2 aromatic rings. The van der Waals surface area contributed by atoms with Gasteiger partial charge in [0.15, 0.2) is 5.82 Å². The molecule has 0 bridgehead atoms. The highest BCUT2D eigenvalue weighted by atomic mass is 16.5. The van der Waals surface area contributed by atoms with Crippen LogP contribution in [0.5, 0.6) is 0 Å². The molecular weight excluding hydrogens is 332 g/mol. The zero-order valence-electron chi connectivity index (χ0n) is 15.1. The topological polar surface area (TPSA) is 71.7 Å². The number of piperidine rings is 1. The van der Waals surface area contributed by atoms with Crippen molar-refractivity contribution in [3.8, 4) is 0 Å². The fraction of sp³-hybridized carbons (Fsp3) is 0.526. The fourth-order valence-electron chi connectivity index (χ4n) is 3.68. The third kappa shape index (κ3) is 3.44. The van der Waals surface area contributed by atoms with Gasteiger partial charge in [-0.2, -0.15) is 4.98 Å². The Morgan fingerprint density at radius 2 is 1.88 bits per heavy atom. The van der Waals surface area contributed by atoms with Gasteiger partial charge >= 0.3 is 0 Å². The number of carbonyl (C=O) groups excluding carboxylic acids is 1. The van der Waals surface area contributed by atoms with Crippen LogP contribution in [0.15, 0.2) is 28.8 Å². The van der Waals surface area contributed by atoms with Crippen molar-refractivity contribution >= 4 is 11.6 Å². The normalized spacial score (nSPS) is 21.0. The minimum Gasteiger partial charge on any atom is -0.378 e. The van der Waals surface area contributed by atoms with Crippen LogP contribution in [0.25, 0.3) is 0 Å². The number of aromatic nitrogens is 2. The van der Waals surface area contributed by atoms with E-state index in [2.05, 4.69) is 15.0 Å². The molecule has 0 unspecified atom stereocenters. The van der Waals surface area contributed by atoms with Gasteiger partial charge < -0.3 is 19.1 Å². The van der Waals surface area contributed by atoms with Crippen LogP contribution in [-0.4, -0.2) is 53.8 Å². The van der Waals surface area contributed by atoms with Crippen LogP contribution in [0.4, 0.5) is 5.69 Å². The van der Waals surface area contributed by atoms with Crippen LogP contribution in [0.3, 0.4) is 0 Å². The van der Waals surface area contributed by atoms with Crippen LogP contribution < -0.4 is 4.90 Å². The maximum absolute atomic E-state index is 13.1. The second-order valence-electron chi connectivity index (χ2n) is 6.84. The third-order valence-corrected chi connectivity index (χ3v) is 5.08. The standard InChI is InChI=1S/C19H24N4O3/c1-14-20-18(26-21-14)17-4-2-3-9-23(17)19(24)15-5-7-16(8-6-15)22-10-12-25-13-11-22/h5-8,17H,2-4,9-13H2,1H3/t17-/m1/s1. The summed E-state index contributed by atoms with van der Waals surface area (Å²) in [5, 5.41) is 3.88. The van der Waals surface area contributed by atoms with Gasteiger partial charge in [-0.3, -0.25) is 4.79 Å². The molecule has 1 amide bonds. The van der Waals surface area contributed by atoms with Gasteiger partial charge in [0.2, 0.25) is 5.89 Å². The predicted octanol–water partition coefficient (Wildman–Crippen LogP) is 2.58. The molecule has 1 aromatic heterocycles. The lowest BCUT2D eigenvalue weighted by Crippen LogP contribution is -2.39. The summed E-state index contributed by atoms with van der Waals surface area (Å²) in [5.74, 6) is 1.17. The summed E-state index contributed by atoms with van der Waals surface area (Å²) in [4.78, 5) is 21.6. The van der Waals surface area contributed by atoms with Crippen molar-refractivity contribution in [2.45, 2.75) is 32.2 Å². The minimum absolute atomic E-state index is 0.0269. The molecule has 2 saturated heterocycles. The molecule has 2 aliphatic heterocycles. The number of carbonyl (C=O) groups is 1. The average molecular weight is 356 g/mol. The Morgan fingerprint density at radius 1 is 1.12 bits per heavy atom. The van der Waals surface area contributed by atoms with E-state index in [-0.39, 0.29) is 11.9 Å². The van der Waals surface area contributed by atoms with Gasteiger partial charge in [-0.05, 0) is 50.5 Å². The zero-order valence-corrected chi connectivity index (χ0v) is 15.1. The second-order valence-corrected chi connectivity index (χ2v) is 6.84. The number of benzene rings is 1. The fourth-order valence-corrected chi connectivity index (χ4v) is 3.68. The monoisotopic (exact) mass is 356 g/mol. The molecule has 0 radical (unpaired) electrons. The summed E-state index contributed by atoms with van der Waals surface area (Å²) in [6.07, 6.45) is 2.92. The molecule has 0 saturated carbocycles. The Hall–Kier alpha value is -2.41. The van der Waals surface area contributed by atoms with E-state index < -0.39 is 0 Å². The minimum atomic E-state index is -0.128. The van der Waals surface area contributed by atoms with E-state index in [1.807, 2.05) is 29.2 Å². The molecule has 1 atom stereocenters. The van der Waals surface area contributed by atoms with Gasteiger partial charge in [-0.15, -0.1) is 0 Å². The van der Waals surface area contributed by atoms with Crippen molar-refractivity contribution in [2.75, 3.05) is 37.7 Å². The molecule has 4 rings (SSSR count). The third-order valence-electron chi connectivity index (χ3n) is 5.08. The van der Waals surface area contributed by atoms with E-state index in [1.54, 1.807) is 6.92 Å². The largest absolute Gasteiger partial charge is 0.378 e. The van der Waals surface area contributed by atoms with Gasteiger partial charge in [0.05, 0.1) is 13.2 Å². The predicted molar refractivity (Wildman–Crippen MR) is 96.1 cm³/mol. The Bertz CT molecular complexity index is 752. The molecule has 0 N–H and O–H groups in total. The number of ether oxygens (including phenoxy) is 1. The average Bonchev–Trinajstić information content (AvgIpc) is 3.14. The number of nitrogens with zero attached hydrogens (tertiary/aromatic N) is 4. The van der Waals surface area contributed by atoms with Gasteiger partial charge in [0.25, 0.3) is 5.91 Å². The second kappa shape index (κ2) is 7.45. The summed E-state index contributed by atoms with van der Waals surface area (Å²) in [6, 6.07) is 7.75. The first-order valence-corrected chi connectivity index (χ1v) is 9.26. The molecule has 7 heteroatoms. The van der Waals surface area contributed by atoms with E-state index in [4.69, 9.17) is 9.26 Å². The summed E-state index contributed by atoms with van der Waals surface area (Å²) < 4.78 is 10.7. The first-order chi connectivity index (χ1) is 12.7. The lowest BCUT2D eigenvalue weighted by Gasteiger charge is -2.33. The summed E-state index contributed by atoms with van der Waals surface area (Å²) in [5.41, 5.74) is 1.83. The lowest BCUT2D eigenvalue weighted by atomic mass is 10.0. The van der Waals surface area contributed by atoms with Gasteiger partial charge in [-0.1, -0.05) is 5.16 Å². The van der Waals surface area contributed by atoms with Crippen LogP contribution in [0.1, 0.15) is 47.4 Å². The van der Waals surface area contributed by atoms with Gasteiger partial charge in [0.1, 0.15) is 6.04 Å². The van der Waals surface area contributed by atoms with Gasteiger partial charge in [0, 0.05) is 30.9 Å². The van der Waals surface area contributed by atoms with Crippen LogP contribution in [0, 0.1) is 6.92 Å². The molecule has 138 valence electrons. The van der Waals surface area contributed by atoms with Crippen LogP contribution in [0.2, 0.25) is 0 Å². The first-order valence-electron chi connectivity index (χ1n) is 9.26. The van der Waals surface area contributed by atoms with E-state index in [9.17, 15) is 4.79 Å². The Labute approximate surface area is 152 Å². The van der Waals surface area contributed by atoms with Crippen molar-refractivity contribution in [3.05, 3.63) is 41.5 Å². The van der Waals surface area contributed by atoms with E-state index in [0.717, 1.165) is 57.8 Å². The highest BCUT2D eigenvalue weighted by molar-refractivity contribution is 5.94. The van der Waals surface area contributed by atoms with Crippen molar-refractivity contribution in [3.63, 3.8) is 0 Å². The molecule has 1 aromatic carbocycles.